The minimum absolute atomic E-state index is 0.151. The Labute approximate surface area is 107 Å². The molecule has 1 atom stereocenters. The first-order valence-corrected chi connectivity index (χ1v) is 7.29. The second kappa shape index (κ2) is 4.89. The number of morpholine rings is 1. The van der Waals surface area contributed by atoms with Crippen molar-refractivity contribution in [2.24, 2.45) is 11.3 Å². The third kappa shape index (κ3) is 3.23. The highest BCUT2D eigenvalue weighted by atomic mass is 16.5. The molecule has 2 fully saturated rings. The molecule has 0 aromatic rings. The molecule has 2 nitrogen and oxygen atoms in total. The average Bonchev–Trinajstić information content (AvgIpc) is 2.24. The minimum atomic E-state index is 0.151. The normalized spacial score (nSPS) is 39.5. The summed E-state index contributed by atoms with van der Waals surface area (Å²) in [7, 11) is 0. The zero-order valence-electron chi connectivity index (χ0n) is 12.0. The summed E-state index contributed by atoms with van der Waals surface area (Å²) >= 11 is 0. The third-order valence-electron chi connectivity index (χ3n) is 4.45. The highest BCUT2D eigenvalue weighted by Gasteiger charge is 2.44. The van der Waals surface area contributed by atoms with E-state index in [0.29, 0.717) is 11.5 Å². The second-order valence-electron chi connectivity index (χ2n) is 7.37. The van der Waals surface area contributed by atoms with Crippen molar-refractivity contribution in [2.75, 3.05) is 13.2 Å². The van der Waals surface area contributed by atoms with Gasteiger partial charge in [-0.15, -0.1) is 0 Å². The highest BCUT2D eigenvalue weighted by Crippen LogP contribution is 2.41. The summed E-state index contributed by atoms with van der Waals surface area (Å²) in [6.07, 6.45) is 6.40. The van der Waals surface area contributed by atoms with Gasteiger partial charge in [-0.1, -0.05) is 27.7 Å². The molecule has 2 rings (SSSR count). The Morgan fingerprint density at radius 1 is 1.24 bits per heavy atom. The van der Waals surface area contributed by atoms with E-state index in [0.717, 1.165) is 19.1 Å². The number of rotatable bonds is 1. The van der Waals surface area contributed by atoms with E-state index in [1.807, 2.05) is 0 Å². The zero-order chi connectivity index (χ0) is 12.5. The Kier molecular flexibility index (Phi) is 3.84. The van der Waals surface area contributed by atoms with Crippen LogP contribution < -0.4 is 5.32 Å². The number of hydrogen-bond acceptors (Lipinski definition) is 2. The molecular weight excluding hydrogens is 210 g/mol. The fourth-order valence-electron chi connectivity index (χ4n) is 3.39. The van der Waals surface area contributed by atoms with Crippen LogP contribution in [0.15, 0.2) is 0 Å². The lowest BCUT2D eigenvalue weighted by Crippen LogP contribution is -2.60. The lowest BCUT2D eigenvalue weighted by Gasteiger charge is -2.49. The maximum atomic E-state index is 6.25. The van der Waals surface area contributed by atoms with Crippen LogP contribution in [0.3, 0.4) is 0 Å². The minimum Gasteiger partial charge on any atom is -0.372 e. The molecule has 1 spiro atoms. The highest BCUT2D eigenvalue weighted by molar-refractivity contribution is 5.00. The lowest BCUT2D eigenvalue weighted by molar-refractivity contribution is -0.129. The molecule has 1 N–H and O–H groups in total. The van der Waals surface area contributed by atoms with Gasteiger partial charge in [-0.25, -0.2) is 0 Å². The Hall–Kier alpha value is -0.0800. The molecule has 1 aliphatic carbocycles. The zero-order valence-corrected chi connectivity index (χ0v) is 12.0. The fraction of sp³-hybridized carbons (Fsp3) is 1.00. The van der Waals surface area contributed by atoms with Gasteiger partial charge in [0, 0.05) is 12.6 Å². The van der Waals surface area contributed by atoms with E-state index < -0.39 is 0 Å². The average molecular weight is 239 g/mol. The molecule has 1 heterocycles. The summed E-state index contributed by atoms with van der Waals surface area (Å²) in [4.78, 5) is 0. The van der Waals surface area contributed by atoms with Gasteiger partial charge in [0.25, 0.3) is 0 Å². The molecule has 1 saturated carbocycles. The summed E-state index contributed by atoms with van der Waals surface area (Å²) < 4.78 is 6.25. The topological polar surface area (TPSA) is 21.3 Å². The molecule has 2 heteroatoms. The maximum absolute atomic E-state index is 6.25. The van der Waals surface area contributed by atoms with Crippen molar-refractivity contribution in [3.8, 4) is 0 Å². The molecule has 1 aliphatic heterocycles. The molecular formula is C15H29NO. The van der Waals surface area contributed by atoms with Crippen LogP contribution >= 0.6 is 0 Å². The summed E-state index contributed by atoms with van der Waals surface area (Å²) in [5.41, 5.74) is 0.534. The van der Waals surface area contributed by atoms with E-state index in [1.165, 1.54) is 32.1 Å². The third-order valence-corrected chi connectivity index (χ3v) is 4.45. The molecule has 0 bridgehead atoms. The van der Waals surface area contributed by atoms with Gasteiger partial charge >= 0.3 is 0 Å². The van der Waals surface area contributed by atoms with Gasteiger partial charge in [0.1, 0.15) is 0 Å². The molecule has 1 unspecified atom stereocenters. The molecule has 0 aromatic carbocycles. The summed E-state index contributed by atoms with van der Waals surface area (Å²) in [6, 6.07) is 0.559. The smallest absolute Gasteiger partial charge is 0.0835 e. The summed E-state index contributed by atoms with van der Waals surface area (Å²) in [5, 5.41) is 3.73. The van der Waals surface area contributed by atoms with Crippen LogP contribution in [0.4, 0.5) is 0 Å². The van der Waals surface area contributed by atoms with Crippen LogP contribution in [0.25, 0.3) is 0 Å². The van der Waals surface area contributed by atoms with E-state index in [2.05, 4.69) is 33.0 Å². The van der Waals surface area contributed by atoms with Gasteiger partial charge in [-0.2, -0.15) is 0 Å². The second-order valence-corrected chi connectivity index (χ2v) is 7.37. The van der Waals surface area contributed by atoms with Crippen LogP contribution in [0.2, 0.25) is 0 Å². The molecule has 0 radical (unpaired) electrons. The largest absolute Gasteiger partial charge is 0.372 e. The van der Waals surface area contributed by atoms with Crippen LogP contribution in [-0.2, 0) is 4.74 Å². The van der Waals surface area contributed by atoms with E-state index >= 15 is 0 Å². The number of hydrogen-bond donors (Lipinski definition) is 1. The molecule has 0 aromatic heterocycles. The predicted molar refractivity (Wildman–Crippen MR) is 72.2 cm³/mol. The maximum Gasteiger partial charge on any atom is 0.0835 e. The summed E-state index contributed by atoms with van der Waals surface area (Å²) in [6.45, 7) is 11.3. The Balaban J connectivity index is 2.06. The first-order valence-electron chi connectivity index (χ1n) is 7.29. The molecule has 2 aliphatic rings. The van der Waals surface area contributed by atoms with Crippen LogP contribution in [0.5, 0.6) is 0 Å². The standard InChI is InChI=1S/C15H29NO/c1-12-5-7-15(8-6-12)13(11-14(2,3)4)16-9-10-17-15/h12-13,16H,5-11H2,1-4H3. The monoisotopic (exact) mass is 239 g/mol. The van der Waals surface area contributed by atoms with Gasteiger partial charge in [-0.3, -0.25) is 0 Å². The van der Waals surface area contributed by atoms with Crippen LogP contribution in [0, 0.1) is 11.3 Å². The van der Waals surface area contributed by atoms with E-state index in [9.17, 15) is 0 Å². The Morgan fingerprint density at radius 3 is 2.47 bits per heavy atom. The number of nitrogens with one attached hydrogen (secondary N) is 1. The first kappa shape index (κ1) is 13.4. The first-order chi connectivity index (χ1) is 7.91. The van der Waals surface area contributed by atoms with Gasteiger partial charge in [0.05, 0.1) is 12.2 Å². The molecule has 17 heavy (non-hydrogen) atoms. The molecule has 1 saturated heterocycles. The van der Waals surface area contributed by atoms with Crippen molar-refractivity contribution < 1.29 is 4.74 Å². The fourth-order valence-corrected chi connectivity index (χ4v) is 3.39. The van der Waals surface area contributed by atoms with Crippen molar-refractivity contribution in [1.82, 2.24) is 5.32 Å². The predicted octanol–water partition coefficient (Wildman–Crippen LogP) is 3.36. The van der Waals surface area contributed by atoms with Crippen molar-refractivity contribution >= 4 is 0 Å². The van der Waals surface area contributed by atoms with Crippen molar-refractivity contribution in [1.29, 1.82) is 0 Å². The van der Waals surface area contributed by atoms with Crippen molar-refractivity contribution in [3.05, 3.63) is 0 Å². The van der Waals surface area contributed by atoms with E-state index in [1.54, 1.807) is 0 Å². The van der Waals surface area contributed by atoms with Gasteiger partial charge in [0.2, 0.25) is 0 Å². The van der Waals surface area contributed by atoms with Crippen LogP contribution in [0.1, 0.15) is 59.8 Å². The number of ether oxygens (including phenoxy) is 1. The molecule has 0 amide bonds. The van der Waals surface area contributed by atoms with E-state index in [4.69, 9.17) is 4.74 Å². The lowest BCUT2D eigenvalue weighted by atomic mass is 9.71. The quantitative estimate of drug-likeness (QED) is 0.757. The Morgan fingerprint density at radius 2 is 1.88 bits per heavy atom. The summed E-state index contributed by atoms with van der Waals surface area (Å²) in [5.74, 6) is 0.890. The van der Waals surface area contributed by atoms with Gasteiger partial charge in [0.15, 0.2) is 0 Å². The van der Waals surface area contributed by atoms with Crippen LogP contribution in [-0.4, -0.2) is 24.8 Å². The Bertz CT molecular complexity index is 248. The van der Waals surface area contributed by atoms with Crippen molar-refractivity contribution in [3.63, 3.8) is 0 Å². The van der Waals surface area contributed by atoms with Gasteiger partial charge < -0.3 is 10.1 Å². The van der Waals surface area contributed by atoms with Gasteiger partial charge in [-0.05, 0) is 43.4 Å². The van der Waals surface area contributed by atoms with Crippen molar-refractivity contribution in [2.45, 2.75) is 71.4 Å². The molecule has 100 valence electrons. The SMILES string of the molecule is CC1CCC2(CC1)OCCNC2CC(C)(C)C. The van der Waals surface area contributed by atoms with E-state index in [-0.39, 0.29) is 5.60 Å².